The van der Waals surface area contributed by atoms with Gasteiger partial charge in [-0.05, 0) is 94.9 Å². The number of para-hydroxylation sites is 1. The first-order chi connectivity index (χ1) is 27.9. The van der Waals surface area contributed by atoms with Crippen LogP contribution in [0.25, 0.3) is 32.8 Å². The Morgan fingerprint density at radius 1 is 0.649 bits per heavy atom. The van der Waals surface area contributed by atoms with Crippen LogP contribution in [0, 0.1) is 25.7 Å². The number of rotatable bonds is 6. The van der Waals surface area contributed by atoms with E-state index in [-0.39, 0.29) is 17.9 Å². The van der Waals surface area contributed by atoms with Crippen LogP contribution >= 0.6 is 30.5 Å². The van der Waals surface area contributed by atoms with Crippen molar-refractivity contribution in [2.75, 3.05) is 0 Å². The van der Waals surface area contributed by atoms with Gasteiger partial charge in [0.15, 0.2) is 0 Å². The summed E-state index contributed by atoms with van der Waals surface area (Å²) in [6, 6.07) is 40.0. The third-order valence-corrected chi connectivity index (χ3v) is 15.7. The van der Waals surface area contributed by atoms with Crippen LogP contribution < -0.4 is 15.9 Å². The average molecular weight is 867 g/mol. The second kappa shape index (κ2) is 15.1. The minimum atomic E-state index is -0.663. The predicted molar refractivity (Wildman–Crippen MR) is 255 cm³/mol. The predicted octanol–water partition coefficient (Wildman–Crippen LogP) is 12.2. The highest BCUT2D eigenvalue weighted by Gasteiger charge is 2.38. The fourth-order valence-corrected chi connectivity index (χ4v) is 12.3. The lowest BCUT2D eigenvalue weighted by Gasteiger charge is -2.37. The maximum absolute atomic E-state index is 5.80. The van der Waals surface area contributed by atoms with Crippen molar-refractivity contribution in [2.45, 2.75) is 43.1 Å². The number of nitrogens with zero attached hydrogens (tertiary/aromatic N) is 2. The second-order valence-electron chi connectivity index (χ2n) is 15.8. The first-order valence-electron chi connectivity index (χ1n) is 20.2. The molecule has 0 radical (unpaired) electrons. The van der Waals surface area contributed by atoms with E-state index in [9.17, 15) is 0 Å². The molecule has 278 valence electrons. The number of fused-ring (bicyclic) bond motifs is 6. The summed E-state index contributed by atoms with van der Waals surface area (Å²) >= 11 is 2.53. The lowest BCUT2D eigenvalue weighted by atomic mass is 9.70. The molecule has 1 aromatic heterocycles. The molecule has 0 saturated carbocycles. The van der Waals surface area contributed by atoms with Gasteiger partial charge in [0.1, 0.15) is 0 Å². The van der Waals surface area contributed by atoms with E-state index in [1.807, 2.05) is 0 Å². The van der Waals surface area contributed by atoms with E-state index in [0.717, 1.165) is 17.6 Å². The number of allylic oxidation sites excluding steroid dienone is 10. The Bertz CT molecular complexity index is 2730. The first kappa shape index (κ1) is 36.4. The Labute approximate surface area is 351 Å². The molecule has 0 spiro atoms. The van der Waals surface area contributed by atoms with E-state index in [0.29, 0.717) is 9.84 Å². The van der Waals surface area contributed by atoms with Gasteiger partial charge in [-0.2, -0.15) is 0 Å². The molecule has 6 aromatic rings. The Morgan fingerprint density at radius 3 is 2.02 bits per heavy atom. The average Bonchev–Trinajstić information content (AvgIpc) is 3.26. The smallest absolute Gasteiger partial charge is 0.0796 e. The molecule has 5 atom stereocenters. The molecular formula is C53H44IN2P. The molecule has 57 heavy (non-hydrogen) atoms. The molecule has 0 fully saturated rings. The van der Waals surface area contributed by atoms with Gasteiger partial charge in [0.25, 0.3) is 0 Å². The largest absolute Gasteiger partial charge is 0.280 e. The molecule has 1 aliphatic heterocycles. The fraction of sp³-hybridized carbons (Fsp3) is 0.170. The van der Waals surface area contributed by atoms with E-state index in [4.69, 9.17) is 9.98 Å². The van der Waals surface area contributed by atoms with E-state index < -0.39 is 7.92 Å². The lowest BCUT2D eigenvalue weighted by Crippen LogP contribution is -2.33. The van der Waals surface area contributed by atoms with Gasteiger partial charge in [-0.25, -0.2) is 4.98 Å². The number of hydrogen-bond donors (Lipinski definition) is 0. The molecule has 0 amide bonds. The SMILES string of the molecule is Cc1c2c(c(C)c3c1c(C1=CCC(I)C=C1)nc1ccccc13)C(C1C=CC=CC1C)=NC1C=C(c3ccc(P(c4ccccc4)c4ccccc4)cc3)C=CC21. The summed E-state index contributed by atoms with van der Waals surface area (Å²) in [5, 5.41) is 7.90. The number of alkyl halides is 1. The molecule has 4 aliphatic rings. The Hall–Kier alpha value is -4.96. The van der Waals surface area contributed by atoms with Crippen molar-refractivity contribution < 1.29 is 0 Å². The Kier molecular flexibility index (Phi) is 9.63. The lowest BCUT2D eigenvalue weighted by molar-refractivity contribution is 0.614. The minimum Gasteiger partial charge on any atom is -0.280 e. The highest BCUT2D eigenvalue weighted by atomic mass is 127. The molecule has 3 aliphatic carbocycles. The van der Waals surface area contributed by atoms with Crippen molar-refractivity contribution in [3.05, 3.63) is 203 Å². The van der Waals surface area contributed by atoms with E-state index >= 15 is 0 Å². The highest BCUT2D eigenvalue weighted by molar-refractivity contribution is 14.1. The number of halogens is 1. The van der Waals surface area contributed by atoms with Crippen LogP contribution in [-0.2, 0) is 0 Å². The van der Waals surface area contributed by atoms with Crippen molar-refractivity contribution in [1.82, 2.24) is 4.98 Å². The number of pyridine rings is 1. The molecular weight excluding hydrogens is 822 g/mol. The van der Waals surface area contributed by atoms with Crippen LogP contribution in [0.5, 0.6) is 0 Å². The van der Waals surface area contributed by atoms with Crippen LogP contribution in [0.2, 0.25) is 0 Å². The zero-order valence-corrected chi connectivity index (χ0v) is 35.5. The van der Waals surface area contributed by atoms with E-state index in [2.05, 4.69) is 213 Å². The van der Waals surface area contributed by atoms with Crippen LogP contribution in [0.4, 0.5) is 0 Å². The van der Waals surface area contributed by atoms with Crippen molar-refractivity contribution in [2.24, 2.45) is 16.8 Å². The summed E-state index contributed by atoms with van der Waals surface area (Å²) in [5.74, 6) is 0.669. The molecule has 4 heteroatoms. The summed E-state index contributed by atoms with van der Waals surface area (Å²) in [6.07, 6.45) is 24.4. The minimum absolute atomic E-state index is 0.00886. The highest BCUT2D eigenvalue weighted by Crippen LogP contribution is 2.48. The fourth-order valence-electron chi connectivity index (χ4n) is 9.52. The summed E-state index contributed by atoms with van der Waals surface area (Å²) in [4.78, 5) is 11.2. The quantitative estimate of drug-likeness (QED) is 0.0709. The van der Waals surface area contributed by atoms with Gasteiger partial charge in [-0.15, -0.1) is 0 Å². The van der Waals surface area contributed by atoms with Gasteiger partial charge < -0.3 is 0 Å². The van der Waals surface area contributed by atoms with Crippen LogP contribution in [0.3, 0.4) is 0 Å². The number of aliphatic imine (C=N–C) groups is 1. The maximum atomic E-state index is 5.80. The van der Waals surface area contributed by atoms with Gasteiger partial charge in [0, 0.05) is 32.1 Å². The topological polar surface area (TPSA) is 25.2 Å². The van der Waals surface area contributed by atoms with Gasteiger partial charge in [-0.1, -0.05) is 193 Å². The molecule has 5 aromatic carbocycles. The molecule has 2 nitrogen and oxygen atoms in total. The molecule has 10 rings (SSSR count). The maximum Gasteiger partial charge on any atom is 0.0796 e. The Morgan fingerprint density at radius 2 is 1.32 bits per heavy atom. The van der Waals surface area contributed by atoms with Crippen molar-refractivity contribution in [3.8, 4) is 0 Å². The number of aromatic nitrogens is 1. The third kappa shape index (κ3) is 6.44. The van der Waals surface area contributed by atoms with Gasteiger partial charge in [0.2, 0.25) is 0 Å². The summed E-state index contributed by atoms with van der Waals surface area (Å²) in [5.41, 5.74) is 12.4. The standard InChI is InChI=1S/C53H44IN2P/c1-33-14-10-11-19-43(33)53-51-35(3)48-44-20-12-13-21-46(44)55-52(37-22-27-39(54)28-23-37)50(48)34(2)49(51)45-31-26-38(32-47(45)56-53)36-24-29-42(30-25-36)57(40-15-6-4-7-16-40)41-17-8-5-9-18-41/h4-27,29-33,39,43,45,47H,28H2,1-3H3. The van der Waals surface area contributed by atoms with E-state index in [1.54, 1.807) is 0 Å². The van der Waals surface area contributed by atoms with Crippen LogP contribution in [0.15, 0.2) is 175 Å². The summed E-state index contributed by atoms with van der Waals surface area (Å²) in [7, 11) is -0.663. The molecule has 0 N–H and O–H groups in total. The first-order valence-corrected chi connectivity index (χ1v) is 22.8. The van der Waals surface area contributed by atoms with Crippen LogP contribution in [0.1, 0.15) is 52.8 Å². The zero-order valence-electron chi connectivity index (χ0n) is 32.5. The molecule has 2 heterocycles. The van der Waals surface area contributed by atoms with Crippen molar-refractivity contribution in [1.29, 1.82) is 0 Å². The monoisotopic (exact) mass is 866 g/mol. The third-order valence-electron chi connectivity index (χ3n) is 12.3. The van der Waals surface area contributed by atoms with Crippen molar-refractivity contribution in [3.63, 3.8) is 0 Å². The number of aryl methyl sites for hydroxylation is 2. The summed E-state index contributed by atoms with van der Waals surface area (Å²) < 4.78 is 0.507. The zero-order chi connectivity index (χ0) is 38.6. The van der Waals surface area contributed by atoms with Gasteiger partial charge in [-0.3, -0.25) is 4.99 Å². The van der Waals surface area contributed by atoms with E-state index in [1.165, 1.54) is 76.7 Å². The van der Waals surface area contributed by atoms with Crippen LogP contribution in [-0.4, -0.2) is 20.7 Å². The molecule has 5 unspecified atom stereocenters. The van der Waals surface area contributed by atoms with Gasteiger partial charge in [0.05, 0.1) is 23.0 Å². The number of benzene rings is 5. The van der Waals surface area contributed by atoms with Gasteiger partial charge >= 0.3 is 0 Å². The molecule has 0 saturated heterocycles. The number of hydrogen-bond acceptors (Lipinski definition) is 2. The molecule has 0 bridgehead atoms. The normalized spacial score (nSPS) is 22.3. The summed E-state index contributed by atoms with van der Waals surface area (Å²) in [6.45, 7) is 7.05. The Balaban J connectivity index is 1.12. The second-order valence-corrected chi connectivity index (χ2v) is 19.6. The van der Waals surface area contributed by atoms with Crippen molar-refractivity contribution >= 4 is 85.0 Å².